The second-order valence-corrected chi connectivity index (χ2v) is 8.50. The van der Waals surface area contributed by atoms with Crippen LogP contribution < -0.4 is 5.32 Å². The van der Waals surface area contributed by atoms with Crippen molar-refractivity contribution in [3.63, 3.8) is 0 Å². The molecule has 0 saturated carbocycles. The number of hydrogen-bond donors (Lipinski definition) is 1. The summed E-state index contributed by atoms with van der Waals surface area (Å²) in [6.07, 6.45) is 2.45. The van der Waals surface area contributed by atoms with E-state index in [2.05, 4.69) is 15.3 Å². The van der Waals surface area contributed by atoms with Crippen molar-refractivity contribution in [2.45, 2.75) is 26.3 Å². The van der Waals surface area contributed by atoms with Crippen molar-refractivity contribution in [3.05, 3.63) is 81.6 Å². The molecule has 4 aromatic rings. The van der Waals surface area contributed by atoms with Gasteiger partial charge in [-0.25, -0.2) is 9.97 Å². The van der Waals surface area contributed by atoms with Crippen molar-refractivity contribution in [3.8, 4) is 22.6 Å². The third kappa shape index (κ3) is 4.96. The van der Waals surface area contributed by atoms with Crippen LogP contribution in [0.1, 0.15) is 22.2 Å². The van der Waals surface area contributed by atoms with Gasteiger partial charge in [0.25, 0.3) is 0 Å². The van der Waals surface area contributed by atoms with Crippen molar-refractivity contribution < 1.29 is 9.21 Å². The molecule has 0 bridgehead atoms. The first-order chi connectivity index (χ1) is 14.6. The molecule has 152 valence electrons. The van der Waals surface area contributed by atoms with E-state index in [4.69, 9.17) is 16.0 Å². The van der Waals surface area contributed by atoms with Crippen LogP contribution in [0.2, 0.25) is 5.02 Å². The van der Waals surface area contributed by atoms with Gasteiger partial charge in [-0.1, -0.05) is 54.1 Å². The Labute approximate surface area is 183 Å². The third-order valence-corrected chi connectivity index (χ3v) is 5.80. The first kappa shape index (κ1) is 20.3. The summed E-state index contributed by atoms with van der Waals surface area (Å²) in [5.41, 5.74) is 2.91. The Morgan fingerprint density at radius 3 is 2.63 bits per heavy atom. The fourth-order valence-corrected chi connectivity index (χ4v) is 4.07. The van der Waals surface area contributed by atoms with Gasteiger partial charge in [0.15, 0.2) is 11.7 Å². The number of aromatic nitrogens is 2. The molecular weight excluding hydrogens is 418 g/mol. The fourth-order valence-electron chi connectivity index (χ4n) is 3.05. The van der Waals surface area contributed by atoms with Gasteiger partial charge in [0, 0.05) is 33.9 Å². The minimum absolute atomic E-state index is 0.0599. The van der Waals surface area contributed by atoms with E-state index in [1.165, 1.54) is 0 Å². The van der Waals surface area contributed by atoms with Gasteiger partial charge in [0.1, 0.15) is 5.01 Å². The maximum Gasteiger partial charge on any atom is 0.220 e. The van der Waals surface area contributed by atoms with E-state index in [0.29, 0.717) is 36.1 Å². The highest BCUT2D eigenvalue weighted by atomic mass is 35.5. The summed E-state index contributed by atoms with van der Waals surface area (Å²) < 4.78 is 5.75. The number of thiazole rings is 1. The van der Waals surface area contributed by atoms with E-state index in [9.17, 15) is 4.79 Å². The maximum atomic E-state index is 12.2. The largest absolute Gasteiger partial charge is 0.441 e. The lowest BCUT2D eigenvalue weighted by molar-refractivity contribution is -0.121. The van der Waals surface area contributed by atoms with Crippen LogP contribution in [0.15, 0.2) is 65.2 Å². The number of nitrogens with zero attached hydrogens (tertiary/aromatic N) is 2. The molecule has 0 aliphatic carbocycles. The monoisotopic (exact) mass is 437 g/mol. The molecule has 0 aliphatic rings. The number of halogens is 1. The number of amides is 1. The normalized spacial score (nSPS) is 10.9. The standard InChI is InChI=1S/C23H20ClN3O2S/c1-15-23(17-7-9-18(24)10-8-17)27-22(30-15)14-25-20(28)11-12-21-26-13-19(29-21)16-5-3-2-4-6-16/h2-10,13H,11-12,14H2,1H3,(H,25,28). The number of nitrogens with one attached hydrogen (secondary N) is 1. The summed E-state index contributed by atoms with van der Waals surface area (Å²) in [6.45, 7) is 2.43. The van der Waals surface area contributed by atoms with E-state index in [-0.39, 0.29) is 5.91 Å². The van der Waals surface area contributed by atoms with Crippen molar-refractivity contribution >= 4 is 28.8 Å². The first-order valence-electron chi connectivity index (χ1n) is 9.57. The van der Waals surface area contributed by atoms with Crippen LogP contribution in [0, 0.1) is 6.92 Å². The molecule has 0 saturated heterocycles. The molecule has 5 nitrogen and oxygen atoms in total. The molecule has 0 aliphatic heterocycles. The topological polar surface area (TPSA) is 68.0 Å². The minimum atomic E-state index is -0.0599. The summed E-state index contributed by atoms with van der Waals surface area (Å²) in [5, 5.41) is 4.49. The molecule has 7 heteroatoms. The summed E-state index contributed by atoms with van der Waals surface area (Å²) in [6, 6.07) is 17.4. The number of rotatable bonds is 7. The maximum absolute atomic E-state index is 12.2. The van der Waals surface area contributed by atoms with Crippen molar-refractivity contribution in [2.24, 2.45) is 0 Å². The van der Waals surface area contributed by atoms with Gasteiger partial charge in [0.05, 0.1) is 18.4 Å². The molecule has 0 spiro atoms. The Kier molecular flexibility index (Phi) is 6.26. The van der Waals surface area contributed by atoms with E-state index < -0.39 is 0 Å². The lowest BCUT2D eigenvalue weighted by atomic mass is 10.1. The van der Waals surface area contributed by atoms with Crippen LogP contribution in [0.25, 0.3) is 22.6 Å². The molecule has 4 rings (SSSR count). The highest BCUT2D eigenvalue weighted by Crippen LogP contribution is 2.28. The number of hydrogen-bond acceptors (Lipinski definition) is 5. The highest BCUT2D eigenvalue weighted by Gasteiger charge is 2.12. The molecule has 1 amide bonds. The van der Waals surface area contributed by atoms with E-state index in [1.54, 1.807) is 17.5 Å². The average molecular weight is 438 g/mol. The molecule has 0 atom stereocenters. The van der Waals surface area contributed by atoms with Gasteiger partial charge in [0.2, 0.25) is 5.91 Å². The molecular formula is C23H20ClN3O2S. The van der Waals surface area contributed by atoms with E-state index in [1.807, 2.05) is 61.5 Å². The Hall–Kier alpha value is -2.96. The number of carbonyl (C=O) groups excluding carboxylic acids is 1. The van der Waals surface area contributed by atoms with Gasteiger partial charge >= 0.3 is 0 Å². The summed E-state index contributed by atoms with van der Waals surface area (Å²) in [4.78, 5) is 22.3. The molecule has 1 N–H and O–H groups in total. The molecule has 30 heavy (non-hydrogen) atoms. The Balaban J connectivity index is 1.30. The second kappa shape index (κ2) is 9.24. The van der Waals surface area contributed by atoms with Crippen LogP contribution in [0.3, 0.4) is 0 Å². The van der Waals surface area contributed by atoms with Gasteiger partial charge < -0.3 is 9.73 Å². The first-order valence-corrected chi connectivity index (χ1v) is 10.8. The van der Waals surface area contributed by atoms with Crippen LogP contribution in [0.4, 0.5) is 0 Å². The molecule has 0 unspecified atom stereocenters. The Bertz CT molecular complexity index is 1140. The highest BCUT2D eigenvalue weighted by molar-refractivity contribution is 7.12. The zero-order chi connectivity index (χ0) is 20.9. The van der Waals surface area contributed by atoms with Gasteiger partial charge in [-0.3, -0.25) is 4.79 Å². The molecule has 2 heterocycles. The molecule has 2 aromatic carbocycles. The average Bonchev–Trinajstić information content (AvgIpc) is 3.39. The summed E-state index contributed by atoms with van der Waals surface area (Å²) in [7, 11) is 0. The number of oxazole rings is 1. The van der Waals surface area contributed by atoms with Gasteiger partial charge in [-0.05, 0) is 19.1 Å². The lowest BCUT2D eigenvalue weighted by Crippen LogP contribution is -2.22. The van der Waals surface area contributed by atoms with Crippen LogP contribution in [-0.2, 0) is 17.8 Å². The zero-order valence-electron chi connectivity index (χ0n) is 16.4. The van der Waals surface area contributed by atoms with Crippen LogP contribution in [-0.4, -0.2) is 15.9 Å². The zero-order valence-corrected chi connectivity index (χ0v) is 18.0. The van der Waals surface area contributed by atoms with Crippen molar-refractivity contribution in [1.82, 2.24) is 15.3 Å². The third-order valence-electron chi connectivity index (χ3n) is 4.57. The summed E-state index contributed by atoms with van der Waals surface area (Å²) in [5.74, 6) is 1.20. The quantitative estimate of drug-likeness (QED) is 0.404. The van der Waals surface area contributed by atoms with E-state index in [0.717, 1.165) is 26.7 Å². The Morgan fingerprint density at radius 1 is 1.10 bits per heavy atom. The second-order valence-electron chi connectivity index (χ2n) is 6.78. The predicted octanol–water partition coefficient (Wildman–Crippen LogP) is 5.68. The lowest BCUT2D eigenvalue weighted by Gasteiger charge is -2.02. The van der Waals surface area contributed by atoms with Crippen LogP contribution in [0.5, 0.6) is 0 Å². The molecule has 2 aromatic heterocycles. The minimum Gasteiger partial charge on any atom is -0.441 e. The molecule has 0 radical (unpaired) electrons. The molecule has 0 fully saturated rings. The smallest absolute Gasteiger partial charge is 0.220 e. The fraction of sp³-hybridized carbons (Fsp3) is 0.174. The summed E-state index contributed by atoms with van der Waals surface area (Å²) >= 11 is 7.54. The number of carbonyl (C=O) groups is 1. The van der Waals surface area contributed by atoms with Crippen molar-refractivity contribution in [2.75, 3.05) is 0 Å². The van der Waals surface area contributed by atoms with Gasteiger partial charge in [-0.2, -0.15) is 0 Å². The SMILES string of the molecule is Cc1sc(CNC(=O)CCc2ncc(-c3ccccc3)o2)nc1-c1ccc(Cl)cc1. The number of aryl methyl sites for hydroxylation is 2. The van der Waals surface area contributed by atoms with Gasteiger partial charge in [-0.15, -0.1) is 11.3 Å². The van der Waals surface area contributed by atoms with E-state index >= 15 is 0 Å². The Morgan fingerprint density at radius 2 is 1.87 bits per heavy atom. The van der Waals surface area contributed by atoms with Crippen molar-refractivity contribution in [1.29, 1.82) is 0 Å². The predicted molar refractivity (Wildman–Crippen MR) is 119 cm³/mol. The van der Waals surface area contributed by atoms with Crippen LogP contribution >= 0.6 is 22.9 Å². The number of benzene rings is 2.